The first-order valence-electron chi connectivity index (χ1n) is 9.07. The molecule has 5 N–H and O–H groups in total. The van der Waals surface area contributed by atoms with Crippen molar-refractivity contribution in [3.63, 3.8) is 0 Å². The molecule has 0 spiro atoms. The van der Waals surface area contributed by atoms with E-state index in [2.05, 4.69) is 20.8 Å². The van der Waals surface area contributed by atoms with E-state index in [-0.39, 0.29) is 17.3 Å². The third kappa shape index (κ3) is 3.04. The van der Waals surface area contributed by atoms with Crippen LogP contribution in [0.2, 0.25) is 0 Å². The maximum absolute atomic E-state index is 12.9. The van der Waals surface area contributed by atoms with Crippen molar-refractivity contribution >= 4 is 50.9 Å². The molecule has 0 radical (unpaired) electrons. The number of nitrogens with zero attached hydrogens (tertiary/aromatic N) is 1. The van der Waals surface area contributed by atoms with Gasteiger partial charge < -0.3 is 20.8 Å². The van der Waals surface area contributed by atoms with Crippen LogP contribution >= 0.6 is 0 Å². The van der Waals surface area contributed by atoms with Gasteiger partial charge in [0, 0.05) is 28.2 Å². The number of aromatic nitrogens is 2. The van der Waals surface area contributed by atoms with Crippen molar-refractivity contribution in [2.75, 3.05) is 16.4 Å². The second-order valence-corrected chi connectivity index (χ2v) is 6.62. The van der Waals surface area contributed by atoms with Crippen LogP contribution in [-0.4, -0.2) is 16.1 Å². The van der Waals surface area contributed by atoms with Crippen molar-refractivity contribution in [2.45, 2.75) is 0 Å². The third-order valence-electron chi connectivity index (χ3n) is 4.69. The average Bonchev–Trinajstić information content (AvgIpc) is 3.28. The number of nitrogens with two attached hydrogens (primary N) is 1. The second-order valence-electron chi connectivity index (χ2n) is 6.62. The number of rotatable bonds is 4. The van der Waals surface area contributed by atoms with E-state index >= 15 is 0 Å². The Kier molecular flexibility index (Phi) is 3.91. The smallest absolute Gasteiger partial charge is 0.263 e. The van der Waals surface area contributed by atoms with Crippen molar-refractivity contribution in [1.82, 2.24) is 10.2 Å². The number of H-pyrrole nitrogens is 1. The van der Waals surface area contributed by atoms with Crippen molar-refractivity contribution in [3.05, 3.63) is 78.4 Å². The highest BCUT2D eigenvalue weighted by Crippen LogP contribution is 2.31. The standard InChI is InChI=1S/C22H17N5O2/c23-20-19(21(27-26-20)24-13-6-2-1-3-7-13)22(28)25-14-10-11-16-15-8-4-5-9-17(15)29-18(16)12-14/h1-12H,(H,25,28)(H4,23,24,26,27). The zero-order valence-electron chi connectivity index (χ0n) is 15.3. The summed E-state index contributed by atoms with van der Waals surface area (Å²) in [6.45, 7) is 0. The van der Waals surface area contributed by atoms with E-state index in [9.17, 15) is 4.79 Å². The summed E-state index contributed by atoms with van der Waals surface area (Å²) >= 11 is 0. The molecule has 0 saturated carbocycles. The third-order valence-corrected chi connectivity index (χ3v) is 4.69. The van der Waals surface area contributed by atoms with Gasteiger partial charge in [-0.2, -0.15) is 5.10 Å². The van der Waals surface area contributed by atoms with Gasteiger partial charge in [-0.15, -0.1) is 0 Å². The van der Waals surface area contributed by atoms with E-state index in [1.165, 1.54) is 0 Å². The molecule has 7 nitrogen and oxygen atoms in total. The Labute approximate surface area is 165 Å². The van der Waals surface area contributed by atoms with E-state index in [1.54, 1.807) is 6.07 Å². The van der Waals surface area contributed by atoms with Crippen molar-refractivity contribution in [2.24, 2.45) is 0 Å². The first kappa shape index (κ1) is 16.9. The Hall–Kier alpha value is -4.26. The van der Waals surface area contributed by atoms with Gasteiger partial charge in [-0.3, -0.25) is 9.89 Å². The van der Waals surface area contributed by atoms with Crippen LogP contribution in [0.4, 0.5) is 23.0 Å². The summed E-state index contributed by atoms with van der Waals surface area (Å²) in [4.78, 5) is 12.9. The number of amides is 1. The zero-order chi connectivity index (χ0) is 19.8. The fraction of sp³-hybridized carbons (Fsp3) is 0. The molecule has 0 aliphatic carbocycles. The zero-order valence-corrected chi connectivity index (χ0v) is 15.3. The molecule has 0 atom stereocenters. The number of carbonyl (C=O) groups excluding carboxylic acids is 1. The fourth-order valence-electron chi connectivity index (χ4n) is 3.33. The molecule has 7 heteroatoms. The number of hydrogen-bond donors (Lipinski definition) is 4. The van der Waals surface area contributed by atoms with Gasteiger partial charge in [0.25, 0.3) is 5.91 Å². The molecule has 0 aliphatic rings. The normalized spacial score (nSPS) is 11.0. The molecule has 2 heterocycles. The van der Waals surface area contributed by atoms with Crippen LogP contribution in [0.25, 0.3) is 21.9 Å². The van der Waals surface area contributed by atoms with Crippen molar-refractivity contribution in [1.29, 1.82) is 0 Å². The Morgan fingerprint density at radius 2 is 1.66 bits per heavy atom. The highest BCUT2D eigenvalue weighted by atomic mass is 16.3. The highest BCUT2D eigenvalue weighted by molar-refractivity contribution is 6.12. The van der Waals surface area contributed by atoms with Crippen LogP contribution in [-0.2, 0) is 0 Å². The Balaban J connectivity index is 1.44. The quantitative estimate of drug-likeness (QED) is 0.353. The first-order chi connectivity index (χ1) is 14.2. The van der Waals surface area contributed by atoms with Crippen LogP contribution in [0.15, 0.2) is 77.2 Å². The predicted octanol–water partition coefficient (Wildman–Crippen LogP) is 4.89. The predicted molar refractivity (Wildman–Crippen MR) is 114 cm³/mol. The molecule has 0 fully saturated rings. The molecule has 0 unspecified atom stereocenters. The SMILES string of the molecule is Nc1[nH]nc(Nc2ccccc2)c1C(=O)Nc1ccc2c(c1)oc1ccccc12. The lowest BCUT2D eigenvalue weighted by atomic mass is 10.1. The Morgan fingerprint density at radius 1 is 0.897 bits per heavy atom. The lowest BCUT2D eigenvalue weighted by molar-refractivity contribution is 0.102. The van der Waals surface area contributed by atoms with Gasteiger partial charge in [-0.25, -0.2) is 0 Å². The number of anilines is 4. The maximum Gasteiger partial charge on any atom is 0.263 e. The van der Waals surface area contributed by atoms with E-state index in [1.807, 2.05) is 66.7 Å². The van der Waals surface area contributed by atoms with Gasteiger partial charge in [-0.05, 0) is 30.3 Å². The molecule has 3 aromatic carbocycles. The van der Waals surface area contributed by atoms with Crippen LogP contribution in [0.3, 0.4) is 0 Å². The first-order valence-corrected chi connectivity index (χ1v) is 9.07. The molecule has 5 rings (SSSR count). The minimum Gasteiger partial charge on any atom is -0.456 e. The minimum atomic E-state index is -0.370. The van der Waals surface area contributed by atoms with Gasteiger partial charge in [0.05, 0.1) is 0 Å². The molecule has 1 amide bonds. The molecule has 29 heavy (non-hydrogen) atoms. The van der Waals surface area contributed by atoms with Crippen LogP contribution in [0, 0.1) is 0 Å². The minimum absolute atomic E-state index is 0.186. The van der Waals surface area contributed by atoms with E-state index in [0.717, 1.165) is 22.0 Å². The lowest BCUT2D eigenvalue weighted by Gasteiger charge is -2.08. The molecular weight excluding hydrogens is 366 g/mol. The van der Waals surface area contributed by atoms with E-state index in [4.69, 9.17) is 10.2 Å². The van der Waals surface area contributed by atoms with Gasteiger partial charge in [0.1, 0.15) is 22.5 Å². The Morgan fingerprint density at radius 3 is 2.52 bits per heavy atom. The van der Waals surface area contributed by atoms with Gasteiger partial charge in [-0.1, -0.05) is 36.4 Å². The van der Waals surface area contributed by atoms with E-state index < -0.39 is 0 Å². The molecule has 0 bridgehead atoms. The molecule has 0 aliphatic heterocycles. The van der Waals surface area contributed by atoms with Crippen LogP contribution in [0.1, 0.15) is 10.4 Å². The summed E-state index contributed by atoms with van der Waals surface area (Å²) < 4.78 is 5.88. The summed E-state index contributed by atoms with van der Waals surface area (Å²) in [6.07, 6.45) is 0. The van der Waals surface area contributed by atoms with Crippen molar-refractivity contribution in [3.8, 4) is 0 Å². The summed E-state index contributed by atoms with van der Waals surface area (Å²) in [5.41, 5.74) is 9.12. The molecule has 5 aromatic rings. The van der Waals surface area contributed by atoms with Gasteiger partial charge >= 0.3 is 0 Å². The summed E-state index contributed by atoms with van der Waals surface area (Å²) in [7, 11) is 0. The Bertz CT molecular complexity index is 1340. The fourth-order valence-corrected chi connectivity index (χ4v) is 3.33. The number of hydrogen-bond acceptors (Lipinski definition) is 5. The van der Waals surface area contributed by atoms with Crippen LogP contribution < -0.4 is 16.4 Å². The topological polar surface area (TPSA) is 109 Å². The maximum atomic E-state index is 12.9. The number of furan rings is 1. The molecule has 142 valence electrons. The van der Waals surface area contributed by atoms with Crippen molar-refractivity contribution < 1.29 is 9.21 Å². The summed E-state index contributed by atoms with van der Waals surface area (Å²) in [5.74, 6) is 0.173. The number of benzene rings is 3. The highest BCUT2D eigenvalue weighted by Gasteiger charge is 2.20. The second kappa shape index (κ2) is 6.72. The summed E-state index contributed by atoms with van der Waals surface area (Å²) in [5, 5.41) is 14.8. The number of aromatic amines is 1. The molecule has 0 saturated heterocycles. The van der Waals surface area contributed by atoms with Crippen LogP contribution in [0.5, 0.6) is 0 Å². The number of carbonyl (C=O) groups is 1. The molecular formula is C22H17N5O2. The number of nitrogen functional groups attached to an aromatic ring is 1. The lowest BCUT2D eigenvalue weighted by Crippen LogP contribution is -2.14. The van der Waals surface area contributed by atoms with E-state index in [0.29, 0.717) is 17.1 Å². The number of fused-ring (bicyclic) bond motifs is 3. The number of para-hydroxylation sites is 2. The number of nitrogens with one attached hydrogen (secondary N) is 3. The van der Waals surface area contributed by atoms with Gasteiger partial charge in [0.15, 0.2) is 5.82 Å². The monoisotopic (exact) mass is 383 g/mol. The van der Waals surface area contributed by atoms with Gasteiger partial charge in [0.2, 0.25) is 0 Å². The average molecular weight is 383 g/mol. The molecule has 2 aromatic heterocycles. The summed E-state index contributed by atoms with van der Waals surface area (Å²) in [6, 6.07) is 22.8. The largest absolute Gasteiger partial charge is 0.456 e.